The van der Waals surface area contributed by atoms with E-state index in [0.29, 0.717) is 5.56 Å². The molecular formula is C12H13F2NO3. The van der Waals surface area contributed by atoms with E-state index in [2.05, 4.69) is 5.32 Å². The third kappa shape index (κ3) is 4.90. The van der Waals surface area contributed by atoms with Crippen molar-refractivity contribution in [2.75, 3.05) is 0 Å². The summed E-state index contributed by atoms with van der Waals surface area (Å²) in [5.74, 6) is -2.05. The SMILES string of the molecule is O=C(Cc1ccccc1)NC(CC(F)F)C(=O)O. The summed E-state index contributed by atoms with van der Waals surface area (Å²) in [5.41, 5.74) is 0.691. The molecule has 1 atom stereocenters. The number of carbonyl (C=O) groups excluding carboxylic acids is 1. The maximum absolute atomic E-state index is 12.1. The average Bonchev–Trinajstić information content (AvgIpc) is 2.28. The van der Waals surface area contributed by atoms with Crippen molar-refractivity contribution in [3.05, 3.63) is 35.9 Å². The van der Waals surface area contributed by atoms with Gasteiger partial charge in [-0.1, -0.05) is 30.3 Å². The van der Waals surface area contributed by atoms with E-state index in [1.807, 2.05) is 0 Å². The Morgan fingerprint density at radius 3 is 2.33 bits per heavy atom. The number of nitrogens with one attached hydrogen (secondary N) is 1. The van der Waals surface area contributed by atoms with E-state index >= 15 is 0 Å². The molecule has 0 aromatic heterocycles. The zero-order valence-corrected chi connectivity index (χ0v) is 9.48. The Hall–Kier alpha value is -1.98. The highest BCUT2D eigenvalue weighted by Gasteiger charge is 2.23. The van der Waals surface area contributed by atoms with Crippen LogP contribution in [-0.2, 0) is 16.0 Å². The number of alkyl halides is 2. The van der Waals surface area contributed by atoms with E-state index < -0.39 is 30.8 Å². The van der Waals surface area contributed by atoms with Crippen LogP contribution < -0.4 is 5.32 Å². The molecule has 0 saturated heterocycles. The molecule has 0 radical (unpaired) electrons. The fraction of sp³-hybridized carbons (Fsp3) is 0.333. The molecule has 0 fully saturated rings. The Morgan fingerprint density at radius 2 is 1.83 bits per heavy atom. The minimum Gasteiger partial charge on any atom is -0.480 e. The lowest BCUT2D eigenvalue weighted by atomic mass is 10.1. The van der Waals surface area contributed by atoms with Gasteiger partial charge in [-0.05, 0) is 5.56 Å². The number of hydrogen-bond acceptors (Lipinski definition) is 2. The Balaban J connectivity index is 2.54. The molecule has 1 unspecified atom stereocenters. The predicted octanol–water partition coefficient (Wildman–Crippen LogP) is 1.45. The van der Waals surface area contributed by atoms with E-state index in [1.165, 1.54) is 0 Å². The van der Waals surface area contributed by atoms with Crippen molar-refractivity contribution in [3.8, 4) is 0 Å². The summed E-state index contributed by atoms with van der Waals surface area (Å²) in [6.45, 7) is 0. The molecule has 2 N–H and O–H groups in total. The van der Waals surface area contributed by atoms with E-state index in [1.54, 1.807) is 30.3 Å². The number of carbonyl (C=O) groups is 2. The number of halogens is 2. The first kappa shape index (κ1) is 14.1. The minimum atomic E-state index is -2.77. The van der Waals surface area contributed by atoms with Crippen LogP contribution in [0.2, 0.25) is 0 Å². The van der Waals surface area contributed by atoms with Crippen LogP contribution in [0.25, 0.3) is 0 Å². The lowest BCUT2D eigenvalue weighted by molar-refractivity contribution is -0.142. The first-order valence-corrected chi connectivity index (χ1v) is 5.33. The minimum absolute atomic E-state index is 0.0339. The summed E-state index contributed by atoms with van der Waals surface area (Å²) >= 11 is 0. The van der Waals surface area contributed by atoms with Gasteiger partial charge >= 0.3 is 5.97 Å². The molecule has 1 rings (SSSR count). The molecule has 0 heterocycles. The molecule has 1 aromatic carbocycles. The second kappa shape index (κ2) is 6.68. The molecule has 0 aliphatic carbocycles. The largest absolute Gasteiger partial charge is 0.480 e. The molecule has 0 spiro atoms. The molecule has 18 heavy (non-hydrogen) atoms. The molecule has 98 valence electrons. The van der Waals surface area contributed by atoms with Crippen LogP contribution in [0.5, 0.6) is 0 Å². The molecule has 0 aliphatic rings. The lowest BCUT2D eigenvalue weighted by Crippen LogP contribution is -2.42. The monoisotopic (exact) mass is 257 g/mol. The molecule has 0 saturated carbocycles. The van der Waals surface area contributed by atoms with Crippen LogP contribution in [0.1, 0.15) is 12.0 Å². The van der Waals surface area contributed by atoms with E-state index in [-0.39, 0.29) is 6.42 Å². The van der Waals surface area contributed by atoms with Gasteiger partial charge in [-0.2, -0.15) is 0 Å². The maximum Gasteiger partial charge on any atom is 0.326 e. The predicted molar refractivity (Wildman–Crippen MR) is 60.3 cm³/mol. The third-order valence-electron chi connectivity index (χ3n) is 2.25. The van der Waals surface area contributed by atoms with Gasteiger partial charge in [0.2, 0.25) is 12.3 Å². The van der Waals surface area contributed by atoms with Crippen molar-refractivity contribution in [1.29, 1.82) is 0 Å². The van der Waals surface area contributed by atoms with Crippen LogP contribution in [0, 0.1) is 0 Å². The standard InChI is InChI=1S/C12H13F2NO3/c13-10(14)7-9(12(17)18)15-11(16)6-8-4-2-1-3-5-8/h1-5,9-10H,6-7H2,(H,15,16)(H,17,18). The number of carboxylic acid groups (broad SMARTS) is 1. The first-order valence-electron chi connectivity index (χ1n) is 5.33. The quantitative estimate of drug-likeness (QED) is 0.810. The Kier molecular flexibility index (Phi) is 5.23. The Bertz CT molecular complexity index is 409. The third-order valence-corrected chi connectivity index (χ3v) is 2.25. The van der Waals surface area contributed by atoms with Gasteiger partial charge in [0.1, 0.15) is 6.04 Å². The van der Waals surface area contributed by atoms with E-state index in [0.717, 1.165) is 0 Å². The van der Waals surface area contributed by atoms with Crippen LogP contribution in [-0.4, -0.2) is 29.5 Å². The summed E-state index contributed by atoms with van der Waals surface area (Å²) < 4.78 is 24.2. The van der Waals surface area contributed by atoms with Crippen molar-refractivity contribution in [1.82, 2.24) is 5.32 Å². The average molecular weight is 257 g/mol. The number of carboxylic acids is 1. The summed E-state index contributed by atoms with van der Waals surface area (Å²) in [7, 11) is 0. The number of amides is 1. The fourth-order valence-corrected chi connectivity index (χ4v) is 1.43. The van der Waals surface area contributed by atoms with Gasteiger partial charge < -0.3 is 10.4 Å². The highest BCUT2D eigenvalue weighted by atomic mass is 19.3. The molecule has 4 nitrogen and oxygen atoms in total. The number of aliphatic carboxylic acids is 1. The smallest absolute Gasteiger partial charge is 0.326 e. The van der Waals surface area contributed by atoms with E-state index in [9.17, 15) is 18.4 Å². The number of benzene rings is 1. The zero-order valence-electron chi connectivity index (χ0n) is 9.48. The second-order valence-corrected chi connectivity index (χ2v) is 3.75. The topological polar surface area (TPSA) is 66.4 Å². The van der Waals surface area contributed by atoms with Gasteiger partial charge in [0.05, 0.1) is 6.42 Å². The molecular weight excluding hydrogens is 244 g/mol. The van der Waals surface area contributed by atoms with Gasteiger partial charge in [0, 0.05) is 6.42 Å². The van der Waals surface area contributed by atoms with Gasteiger partial charge in [0.15, 0.2) is 0 Å². The molecule has 1 amide bonds. The summed E-state index contributed by atoms with van der Waals surface area (Å²) in [4.78, 5) is 22.2. The first-order chi connectivity index (χ1) is 8.49. The second-order valence-electron chi connectivity index (χ2n) is 3.75. The molecule has 0 aliphatic heterocycles. The lowest BCUT2D eigenvalue weighted by Gasteiger charge is -2.13. The van der Waals surface area contributed by atoms with Crippen LogP contribution >= 0.6 is 0 Å². The normalized spacial score (nSPS) is 12.2. The van der Waals surface area contributed by atoms with Gasteiger partial charge in [-0.25, -0.2) is 13.6 Å². The zero-order chi connectivity index (χ0) is 13.5. The van der Waals surface area contributed by atoms with Crippen molar-refractivity contribution in [3.63, 3.8) is 0 Å². The van der Waals surface area contributed by atoms with Crippen LogP contribution in [0.4, 0.5) is 8.78 Å². The highest BCUT2D eigenvalue weighted by Crippen LogP contribution is 2.05. The molecule has 0 bridgehead atoms. The summed E-state index contributed by atoms with van der Waals surface area (Å²) in [6, 6.07) is 7.08. The van der Waals surface area contributed by atoms with Gasteiger partial charge in [0.25, 0.3) is 0 Å². The maximum atomic E-state index is 12.1. The van der Waals surface area contributed by atoms with Crippen LogP contribution in [0.3, 0.4) is 0 Å². The molecule has 1 aromatic rings. The Labute approximate surface area is 103 Å². The highest BCUT2D eigenvalue weighted by molar-refractivity contribution is 5.84. The Morgan fingerprint density at radius 1 is 1.22 bits per heavy atom. The van der Waals surface area contributed by atoms with E-state index in [4.69, 9.17) is 5.11 Å². The van der Waals surface area contributed by atoms with Crippen molar-refractivity contribution in [2.24, 2.45) is 0 Å². The van der Waals surface area contributed by atoms with Crippen molar-refractivity contribution >= 4 is 11.9 Å². The van der Waals surface area contributed by atoms with Crippen molar-refractivity contribution < 1.29 is 23.5 Å². The molecule has 6 heteroatoms. The van der Waals surface area contributed by atoms with Crippen molar-refractivity contribution in [2.45, 2.75) is 25.3 Å². The van der Waals surface area contributed by atoms with Gasteiger partial charge in [-0.3, -0.25) is 4.79 Å². The fourth-order valence-electron chi connectivity index (χ4n) is 1.43. The summed E-state index contributed by atoms with van der Waals surface area (Å²) in [6.07, 6.45) is -3.70. The van der Waals surface area contributed by atoms with Gasteiger partial charge in [-0.15, -0.1) is 0 Å². The number of hydrogen-bond donors (Lipinski definition) is 2. The van der Waals surface area contributed by atoms with Crippen LogP contribution in [0.15, 0.2) is 30.3 Å². The number of rotatable bonds is 6. The summed E-state index contributed by atoms with van der Waals surface area (Å²) in [5, 5.41) is 10.8.